The number of alkyl halides is 3. The molecular weight excluding hydrogens is 459 g/mol. The molecule has 0 N–H and O–H groups in total. The van der Waals surface area contributed by atoms with Crippen molar-refractivity contribution in [3.05, 3.63) is 95.6 Å². The molecule has 4 rings (SSSR count). The molecule has 1 atom stereocenters. The van der Waals surface area contributed by atoms with E-state index in [9.17, 15) is 22.0 Å². The zero-order chi connectivity index (χ0) is 23.8. The highest BCUT2D eigenvalue weighted by atomic mass is 32.1. The predicted molar refractivity (Wildman–Crippen MR) is 119 cm³/mol. The topological polar surface area (TPSA) is 18.5 Å². The minimum atomic E-state index is -4.63. The van der Waals surface area contributed by atoms with E-state index in [1.807, 2.05) is 0 Å². The summed E-state index contributed by atoms with van der Waals surface area (Å²) in [6.45, 7) is 0.754. The van der Waals surface area contributed by atoms with Gasteiger partial charge in [0.15, 0.2) is 0 Å². The van der Waals surface area contributed by atoms with E-state index in [2.05, 4.69) is 17.4 Å². The number of benzene rings is 3. The third kappa shape index (κ3) is 8.05. The molecule has 1 fully saturated rings. The van der Waals surface area contributed by atoms with Gasteiger partial charge in [-0.1, -0.05) is 24.3 Å². The zero-order valence-corrected chi connectivity index (χ0v) is 18.5. The number of hydrogen-bond acceptors (Lipinski definition) is 3. The molecule has 0 bridgehead atoms. The lowest BCUT2D eigenvalue weighted by atomic mass is 9.83. The molecule has 0 saturated carbocycles. The summed E-state index contributed by atoms with van der Waals surface area (Å²) in [5.74, 6) is -0.714. The van der Waals surface area contributed by atoms with E-state index in [0.29, 0.717) is 4.90 Å². The second-order valence-electron chi connectivity index (χ2n) is 7.53. The van der Waals surface area contributed by atoms with Gasteiger partial charge in [-0.05, 0) is 78.9 Å². The Hall–Kier alpha value is -2.58. The third-order valence-corrected chi connectivity index (χ3v) is 5.41. The smallest absolute Gasteiger partial charge is 0.406 e. The van der Waals surface area contributed by atoms with Crippen LogP contribution in [0.3, 0.4) is 0 Å². The molecule has 1 heterocycles. The Balaban J connectivity index is 0.000000218. The number of halogens is 5. The van der Waals surface area contributed by atoms with E-state index >= 15 is 0 Å². The quantitative estimate of drug-likeness (QED) is 0.306. The van der Waals surface area contributed by atoms with E-state index in [0.717, 1.165) is 37.0 Å². The van der Waals surface area contributed by atoms with Crippen LogP contribution in [-0.2, 0) is 4.74 Å². The van der Waals surface area contributed by atoms with Crippen LogP contribution in [0.25, 0.3) is 0 Å². The van der Waals surface area contributed by atoms with Gasteiger partial charge in [-0.25, -0.2) is 8.78 Å². The van der Waals surface area contributed by atoms with Crippen molar-refractivity contribution in [3.8, 4) is 5.75 Å². The lowest BCUT2D eigenvalue weighted by molar-refractivity contribution is -0.274. The highest BCUT2D eigenvalue weighted by Crippen LogP contribution is 2.34. The molecule has 1 unspecified atom stereocenters. The summed E-state index contributed by atoms with van der Waals surface area (Å²) >= 11 is 3.91. The number of ether oxygens (including phenoxy) is 2. The highest BCUT2D eigenvalue weighted by Gasteiger charge is 2.31. The van der Waals surface area contributed by atoms with E-state index in [1.165, 1.54) is 48.5 Å². The van der Waals surface area contributed by atoms with Gasteiger partial charge in [-0.15, -0.1) is 25.8 Å². The van der Waals surface area contributed by atoms with Gasteiger partial charge in [-0.2, -0.15) is 0 Å². The van der Waals surface area contributed by atoms with Crippen LogP contribution in [0.5, 0.6) is 5.75 Å². The van der Waals surface area contributed by atoms with E-state index in [-0.39, 0.29) is 29.4 Å². The highest BCUT2D eigenvalue weighted by molar-refractivity contribution is 7.80. The molecule has 0 amide bonds. The second kappa shape index (κ2) is 11.5. The van der Waals surface area contributed by atoms with Crippen molar-refractivity contribution in [2.75, 3.05) is 6.61 Å². The van der Waals surface area contributed by atoms with Crippen molar-refractivity contribution >= 4 is 12.6 Å². The fraction of sp³-hybridized carbons (Fsp3) is 0.280. The fourth-order valence-electron chi connectivity index (χ4n) is 3.64. The molecule has 8 heteroatoms. The summed E-state index contributed by atoms with van der Waals surface area (Å²) in [5.41, 5.74) is 2.02. The standard InChI is InChI=1S/C18H18F2O.C7H5F3OS/c19-15-8-4-13(5-9-15)18(17-3-1-2-12-21-17)14-6-10-16(20)11-7-14;8-7(9,10)11-5-1-3-6(12)4-2-5/h4-11,17-18H,1-3,12H2;1-4,12H. The van der Waals surface area contributed by atoms with Crippen LogP contribution < -0.4 is 4.74 Å². The van der Waals surface area contributed by atoms with Crippen LogP contribution in [0.2, 0.25) is 0 Å². The van der Waals surface area contributed by atoms with Crippen molar-refractivity contribution in [3.63, 3.8) is 0 Å². The largest absolute Gasteiger partial charge is 0.573 e. The van der Waals surface area contributed by atoms with Gasteiger partial charge in [0.25, 0.3) is 0 Å². The van der Waals surface area contributed by atoms with Crippen molar-refractivity contribution in [1.82, 2.24) is 0 Å². The minimum Gasteiger partial charge on any atom is -0.406 e. The predicted octanol–water partition coefficient (Wildman–Crippen LogP) is 7.54. The Bertz CT molecular complexity index is 938. The van der Waals surface area contributed by atoms with Crippen LogP contribution in [0.4, 0.5) is 22.0 Å². The first-order valence-electron chi connectivity index (χ1n) is 10.4. The molecule has 0 radical (unpaired) electrons. The molecule has 0 aliphatic carbocycles. The molecule has 0 aromatic heterocycles. The first-order chi connectivity index (χ1) is 15.7. The van der Waals surface area contributed by atoms with Gasteiger partial charge < -0.3 is 9.47 Å². The number of hydrogen-bond donors (Lipinski definition) is 1. The summed E-state index contributed by atoms with van der Waals surface area (Å²) in [6.07, 6.45) is -1.38. The summed E-state index contributed by atoms with van der Waals surface area (Å²) in [7, 11) is 0. The van der Waals surface area contributed by atoms with Gasteiger partial charge in [0.1, 0.15) is 17.4 Å². The zero-order valence-electron chi connectivity index (χ0n) is 17.6. The molecule has 1 aliphatic heterocycles. The molecule has 33 heavy (non-hydrogen) atoms. The van der Waals surface area contributed by atoms with Gasteiger partial charge in [0.05, 0.1) is 6.10 Å². The average Bonchev–Trinajstić information content (AvgIpc) is 2.78. The molecule has 0 spiro atoms. The maximum absolute atomic E-state index is 13.2. The molecule has 1 saturated heterocycles. The van der Waals surface area contributed by atoms with Gasteiger partial charge >= 0.3 is 6.36 Å². The van der Waals surface area contributed by atoms with Crippen LogP contribution >= 0.6 is 12.6 Å². The Labute approximate surface area is 194 Å². The van der Waals surface area contributed by atoms with Crippen molar-refractivity contribution in [2.45, 2.75) is 42.5 Å². The van der Waals surface area contributed by atoms with E-state index < -0.39 is 6.36 Å². The van der Waals surface area contributed by atoms with E-state index in [1.54, 1.807) is 24.3 Å². The average molecular weight is 483 g/mol. The molecule has 3 aromatic carbocycles. The Morgan fingerprint density at radius 1 is 0.788 bits per heavy atom. The van der Waals surface area contributed by atoms with Gasteiger partial charge in [0, 0.05) is 17.4 Å². The molecule has 2 nitrogen and oxygen atoms in total. The number of thiol groups is 1. The molecule has 1 aliphatic rings. The SMILES string of the molecule is FC(F)(F)Oc1ccc(S)cc1.Fc1ccc(C(c2ccc(F)cc2)C2CCCCO2)cc1. The fourth-order valence-corrected chi connectivity index (χ4v) is 3.79. The Morgan fingerprint density at radius 2 is 1.30 bits per heavy atom. The molecular formula is C25H23F5O2S. The lowest BCUT2D eigenvalue weighted by Crippen LogP contribution is -2.27. The summed E-state index contributed by atoms with van der Waals surface area (Å²) in [6, 6.07) is 18.3. The number of rotatable bonds is 4. The second-order valence-corrected chi connectivity index (χ2v) is 8.04. The lowest BCUT2D eigenvalue weighted by Gasteiger charge is -2.31. The summed E-state index contributed by atoms with van der Waals surface area (Å²) in [4.78, 5) is 0.588. The normalized spacial score (nSPS) is 16.2. The molecule has 3 aromatic rings. The molecule has 176 valence electrons. The van der Waals surface area contributed by atoms with Gasteiger partial charge in [-0.3, -0.25) is 0 Å². The summed E-state index contributed by atoms with van der Waals surface area (Å²) < 4.78 is 70.7. The maximum atomic E-state index is 13.2. The van der Waals surface area contributed by atoms with Crippen molar-refractivity contribution in [1.29, 1.82) is 0 Å². The van der Waals surface area contributed by atoms with Gasteiger partial charge in [0.2, 0.25) is 0 Å². The Morgan fingerprint density at radius 3 is 1.73 bits per heavy atom. The maximum Gasteiger partial charge on any atom is 0.573 e. The van der Waals surface area contributed by atoms with Crippen LogP contribution in [0.1, 0.15) is 36.3 Å². The first kappa shape index (κ1) is 25.1. The van der Waals surface area contributed by atoms with Crippen LogP contribution in [0.15, 0.2) is 77.7 Å². The Kier molecular flexibility index (Phi) is 8.74. The van der Waals surface area contributed by atoms with Crippen molar-refractivity contribution < 1.29 is 31.4 Å². The monoisotopic (exact) mass is 482 g/mol. The third-order valence-electron chi connectivity index (χ3n) is 5.12. The van der Waals surface area contributed by atoms with Crippen LogP contribution in [-0.4, -0.2) is 19.1 Å². The van der Waals surface area contributed by atoms with Crippen LogP contribution in [0, 0.1) is 11.6 Å². The van der Waals surface area contributed by atoms with E-state index in [4.69, 9.17) is 4.74 Å². The first-order valence-corrected chi connectivity index (χ1v) is 10.8. The summed E-state index contributed by atoms with van der Waals surface area (Å²) in [5, 5.41) is 0. The van der Waals surface area contributed by atoms with Crippen molar-refractivity contribution in [2.24, 2.45) is 0 Å². The minimum absolute atomic E-state index is 0.0199.